The van der Waals surface area contributed by atoms with Crippen molar-refractivity contribution >= 4 is 5.95 Å². The molecule has 0 radical (unpaired) electrons. The van der Waals surface area contributed by atoms with Crippen LogP contribution in [0.15, 0.2) is 6.07 Å². The molecule has 4 rings (SSSR count). The predicted octanol–water partition coefficient (Wildman–Crippen LogP) is 0.702. The van der Waals surface area contributed by atoms with Gasteiger partial charge in [0.05, 0.1) is 5.69 Å². The van der Waals surface area contributed by atoms with Crippen molar-refractivity contribution in [2.45, 2.75) is 25.8 Å². The van der Waals surface area contributed by atoms with Crippen molar-refractivity contribution in [2.75, 3.05) is 24.5 Å². The second-order valence-corrected chi connectivity index (χ2v) is 6.15. The number of piperidine rings is 1. The summed E-state index contributed by atoms with van der Waals surface area (Å²) in [6, 6.07) is 2.62. The molecule has 7 nitrogen and oxygen atoms in total. The van der Waals surface area contributed by atoms with Crippen molar-refractivity contribution in [1.29, 1.82) is 0 Å². The van der Waals surface area contributed by atoms with Gasteiger partial charge in [0.15, 0.2) is 5.82 Å². The van der Waals surface area contributed by atoms with Crippen molar-refractivity contribution in [1.82, 2.24) is 30.3 Å². The fraction of sp³-hybridized carbons (Fsp3) is 0.643. The summed E-state index contributed by atoms with van der Waals surface area (Å²) in [6.45, 7) is 5.19. The van der Waals surface area contributed by atoms with E-state index in [0.717, 1.165) is 48.7 Å². The van der Waals surface area contributed by atoms with Crippen LogP contribution in [0.5, 0.6) is 0 Å². The summed E-state index contributed by atoms with van der Waals surface area (Å²) in [5.74, 6) is 2.33. The van der Waals surface area contributed by atoms with Crippen LogP contribution >= 0.6 is 0 Å². The number of hydrogen-bond donors (Lipinski definition) is 2. The molecule has 112 valence electrons. The number of fused-ring (bicyclic) bond motifs is 1. The Morgan fingerprint density at radius 1 is 1.33 bits per heavy atom. The second kappa shape index (κ2) is 4.84. The number of H-pyrrole nitrogens is 1. The summed E-state index contributed by atoms with van der Waals surface area (Å²) < 4.78 is 1.84. The van der Waals surface area contributed by atoms with Crippen LogP contribution < -0.4 is 10.2 Å². The van der Waals surface area contributed by atoms with Gasteiger partial charge < -0.3 is 10.2 Å². The van der Waals surface area contributed by atoms with Gasteiger partial charge in [-0.05, 0) is 38.3 Å². The molecular formula is C14H21N7. The van der Waals surface area contributed by atoms with Crippen LogP contribution in [0.2, 0.25) is 0 Å². The van der Waals surface area contributed by atoms with Gasteiger partial charge in [0.25, 0.3) is 0 Å². The first-order valence-electron chi connectivity index (χ1n) is 7.62. The van der Waals surface area contributed by atoms with Gasteiger partial charge in [-0.2, -0.15) is 10.1 Å². The molecule has 0 bridgehead atoms. The highest BCUT2D eigenvalue weighted by atomic mass is 15.4. The molecule has 2 aliphatic heterocycles. The first-order chi connectivity index (χ1) is 10.2. The van der Waals surface area contributed by atoms with Gasteiger partial charge in [-0.15, -0.1) is 5.10 Å². The molecular weight excluding hydrogens is 266 g/mol. The van der Waals surface area contributed by atoms with Gasteiger partial charge in [-0.3, -0.25) is 9.78 Å². The average molecular weight is 287 g/mol. The van der Waals surface area contributed by atoms with Gasteiger partial charge in [0, 0.05) is 26.2 Å². The van der Waals surface area contributed by atoms with Crippen LogP contribution in [0.25, 0.3) is 11.5 Å². The number of nitrogens with one attached hydrogen (secondary N) is 2. The molecule has 0 aromatic carbocycles. The Morgan fingerprint density at radius 3 is 3.00 bits per heavy atom. The lowest BCUT2D eigenvalue weighted by atomic mass is 9.94. The molecule has 0 amide bonds. The first kappa shape index (κ1) is 12.8. The smallest absolute Gasteiger partial charge is 0.245 e. The molecule has 0 aliphatic carbocycles. The molecule has 21 heavy (non-hydrogen) atoms. The standard InChI is InChI=1S/C14H21N7/c1-9-6-12(20(2)19-9)13-16-14(18-17-13)21-7-10-4-3-5-15-11(10)8-21/h6,10-11,15H,3-5,7-8H2,1-2H3,(H,16,17,18). The summed E-state index contributed by atoms with van der Waals surface area (Å²) in [5.41, 5.74) is 1.96. The third-order valence-corrected chi connectivity index (χ3v) is 4.60. The van der Waals surface area contributed by atoms with Crippen LogP contribution in [-0.2, 0) is 7.05 Å². The first-order valence-corrected chi connectivity index (χ1v) is 7.62. The van der Waals surface area contributed by atoms with Gasteiger partial charge >= 0.3 is 0 Å². The maximum absolute atomic E-state index is 4.67. The van der Waals surface area contributed by atoms with E-state index in [4.69, 9.17) is 0 Å². The SMILES string of the molecule is Cc1cc(-c2nc(N3CC4CCCNC4C3)n[nH]2)n(C)n1. The zero-order valence-electron chi connectivity index (χ0n) is 12.5. The van der Waals surface area contributed by atoms with E-state index in [0.29, 0.717) is 6.04 Å². The predicted molar refractivity (Wildman–Crippen MR) is 80.0 cm³/mol. The number of aryl methyl sites for hydroxylation is 2. The van der Waals surface area contributed by atoms with Crippen LogP contribution in [0.4, 0.5) is 5.95 Å². The maximum Gasteiger partial charge on any atom is 0.245 e. The van der Waals surface area contributed by atoms with E-state index in [2.05, 4.69) is 30.5 Å². The topological polar surface area (TPSA) is 74.7 Å². The van der Waals surface area contributed by atoms with Crippen LogP contribution in [0.1, 0.15) is 18.5 Å². The molecule has 2 saturated heterocycles. The zero-order valence-corrected chi connectivity index (χ0v) is 12.5. The summed E-state index contributed by atoms with van der Waals surface area (Å²) in [7, 11) is 1.93. The van der Waals surface area contributed by atoms with E-state index in [9.17, 15) is 0 Å². The highest BCUT2D eigenvalue weighted by Gasteiger charge is 2.35. The molecule has 7 heteroatoms. The normalized spacial score (nSPS) is 25.3. The Balaban J connectivity index is 1.56. The van der Waals surface area contributed by atoms with Crippen LogP contribution in [-0.4, -0.2) is 50.6 Å². The quantitative estimate of drug-likeness (QED) is 0.850. The molecule has 2 fully saturated rings. The zero-order chi connectivity index (χ0) is 14.4. The van der Waals surface area contributed by atoms with Crippen molar-refractivity contribution < 1.29 is 0 Å². The fourth-order valence-corrected chi connectivity index (χ4v) is 3.55. The summed E-state index contributed by atoms with van der Waals surface area (Å²) in [4.78, 5) is 6.95. The highest BCUT2D eigenvalue weighted by molar-refractivity contribution is 5.52. The van der Waals surface area contributed by atoms with E-state index in [1.165, 1.54) is 12.8 Å². The number of anilines is 1. The van der Waals surface area contributed by atoms with Gasteiger partial charge in [-0.25, -0.2) is 0 Å². The number of rotatable bonds is 2. The molecule has 2 atom stereocenters. The molecule has 2 aromatic heterocycles. The van der Waals surface area contributed by atoms with Crippen molar-refractivity contribution in [2.24, 2.45) is 13.0 Å². The molecule has 0 saturated carbocycles. The Bertz CT molecular complexity index is 630. The number of hydrogen-bond acceptors (Lipinski definition) is 5. The number of nitrogens with zero attached hydrogens (tertiary/aromatic N) is 5. The van der Waals surface area contributed by atoms with Crippen LogP contribution in [0.3, 0.4) is 0 Å². The maximum atomic E-state index is 4.67. The molecule has 2 aliphatic rings. The Labute approximate surface area is 123 Å². The third kappa shape index (κ3) is 2.21. The summed E-state index contributed by atoms with van der Waals surface area (Å²) >= 11 is 0. The molecule has 2 unspecified atom stereocenters. The summed E-state index contributed by atoms with van der Waals surface area (Å²) in [5, 5.41) is 15.4. The second-order valence-electron chi connectivity index (χ2n) is 6.15. The Hall–Kier alpha value is -1.89. The van der Waals surface area contributed by atoms with Crippen molar-refractivity contribution in [3.63, 3.8) is 0 Å². The van der Waals surface area contributed by atoms with Gasteiger partial charge in [-0.1, -0.05) is 0 Å². The Morgan fingerprint density at radius 2 is 2.24 bits per heavy atom. The molecule has 2 aromatic rings. The van der Waals surface area contributed by atoms with Crippen LogP contribution in [0, 0.1) is 12.8 Å². The number of aromatic nitrogens is 5. The van der Waals surface area contributed by atoms with E-state index >= 15 is 0 Å². The van der Waals surface area contributed by atoms with E-state index in [-0.39, 0.29) is 0 Å². The fourth-order valence-electron chi connectivity index (χ4n) is 3.55. The minimum atomic E-state index is 0.597. The highest BCUT2D eigenvalue weighted by Crippen LogP contribution is 2.28. The Kier molecular flexibility index (Phi) is 2.95. The van der Waals surface area contributed by atoms with Crippen molar-refractivity contribution in [3.05, 3.63) is 11.8 Å². The van der Waals surface area contributed by atoms with E-state index in [1.54, 1.807) is 0 Å². The average Bonchev–Trinajstić information content (AvgIpc) is 3.15. The molecule has 4 heterocycles. The molecule has 2 N–H and O–H groups in total. The minimum Gasteiger partial charge on any atom is -0.338 e. The minimum absolute atomic E-state index is 0.597. The van der Waals surface area contributed by atoms with Crippen molar-refractivity contribution in [3.8, 4) is 11.5 Å². The van der Waals surface area contributed by atoms with Gasteiger partial charge in [0.2, 0.25) is 5.95 Å². The van der Waals surface area contributed by atoms with Gasteiger partial charge in [0.1, 0.15) is 5.69 Å². The lowest BCUT2D eigenvalue weighted by molar-refractivity contribution is 0.340. The lowest BCUT2D eigenvalue weighted by Crippen LogP contribution is -2.40. The van der Waals surface area contributed by atoms with E-state index < -0.39 is 0 Å². The largest absolute Gasteiger partial charge is 0.338 e. The third-order valence-electron chi connectivity index (χ3n) is 4.60. The lowest BCUT2D eigenvalue weighted by Gasteiger charge is -2.24. The monoisotopic (exact) mass is 287 g/mol. The molecule has 0 spiro atoms. The number of aromatic amines is 1. The summed E-state index contributed by atoms with van der Waals surface area (Å²) in [6.07, 6.45) is 2.59. The van der Waals surface area contributed by atoms with E-state index in [1.807, 2.05) is 24.7 Å².